The van der Waals surface area contributed by atoms with E-state index in [4.69, 9.17) is 16.9 Å². The van der Waals surface area contributed by atoms with Crippen molar-refractivity contribution in [1.29, 1.82) is 5.26 Å². The van der Waals surface area contributed by atoms with Crippen LogP contribution in [-0.4, -0.2) is 25.0 Å². The van der Waals surface area contributed by atoms with Gasteiger partial charge in [0.25, 0.3) is 0 Å². The van der Waals surface area contributed by atoms with E-state index in [1.165, 1.54) is 31.5 Å². The highest BCUT2D eigenvalue weighted by Gasteiger charge is 2.17. The summed E-state index contributed by atoms with van der Waals surface area (Å²) in [6.07, 6.45) is 3.53. The number of piperidine rings is 1. The van der Waals surface area contributed by atoms with E-state index in [9.17, 15) is 0 Å². The summed E-state index contributed by atoms with van der Waals surface area (Å²) in [5, 5.41) is 9.58. The predicted octanol–water partition coefficient (Wildman–Crippen LogP) is 3.10. The number of likely N-dealkylation sites (tertiary alicyclic amines) is 1. The molecule has 1 saturated heterocycles. The van der Waals surface area contributed by atoms with Crippen molar-refractivity contribution in [3.8, 4) is 6.07 Å². The fourth-order valence-corrected chi connectivity index (χ4v) is 2.69. The van der Waals surface area contributed by atoms with E-state index in [1.807, 2.05) is 12.1 Å². The Hall–Kier alpha value is -1.04. The quantitative estimate of drug-likeness (QED) is 0.804. The van der Waals surface area contributed by atoms with Crippen molar-refractivity contribution < 1.29 is 0 Å². The van der Waals surface area contributed by atoms with Crippen LogP contribution >= 0.6 is 11.6 Å². The van der Waals surface area contributed by atoms with Crippen LogP contribution in [0, 0.1) is 17.2 Å². The van der Waals surface area contributed by atoms with Crippen molar-refractivity contribution in [3.63, 3.8) is 0 Å². The third-order valence-electron chi connectivity index (χ3n) is 3.45. The van der Waals surface area contributed by atoms with Gasteiger partial charge in [-0.3, -0.25) is 0 Å². The molecule has 2 rings (SSSR count). The summed E-state index contributed by atoms with van der Waals surface area (Å²) in [5.74, 6) is 0.733. The van der Waals surface area contributed by atoms with Crippen LogP contribution in [0.1, 0.15) is 24.0 Å². The summed E-state index contributed by atoms with van der Waals surface area (Å²) < 4.78 is 0. The average molecular weight is 249 g/mol. The zero-order valence-electron chi connectivity index (χ0n) is 10.1. The average Bonchev–Trinajstić information content (AvgIpc) is 2.31. The van der Waals surface area contributed by atoms with Crippen molar-refractivity contribution in [2.45, 2.75) is 19.3 Å². The fraction of sp³-hybridized carbons (Fsp3) is 0.500. The molecule has 90 valence electrons. The lowest BCUT2D eigenvalue weighted by Crippen LogP contribution is -2.30. The summed E-state index contributed by atoms with van der Waals surface area (Å²) in [6.45, 7) is 2.35. The van der Waals surface area contributed by atoms with Crippen LogP contribution in [0.3, 0.4) is 0 Å². The molecule has 1 aliphatic heterocycles. The Balaban J connectivity index is 2.03. The van der Waals surface area contributed by atoms with E-state index >= 15 is 0 Å². The van der Waals surface area contributed by atoms with Crippen LogP contribution in [0.4, 0.5) is 0 Å². The van der Waals surface area contributed by atoms with Gasteiger partial charge in [-0.1, -0.05) is 11.6 Å². The molecule has 1 heterocycles. The van der Waals surface area contributed by atoms with Crippen molar-refractivity contribution in [2.75, 3.05) is 20.1 Å². The molecular weight excluding hydrogens is 232 g/mol. The molecule has 2 nitrogen and oxygen atoms in total. The van der Waals surface area contributed by atoms with Gasteiger partial charge < -0.3 is 4.90 Å². The van der Waals surface area contributed by atoms with Crippen molar-refractivity contribution in [3.05, 3.63) is 34.3 Å². The minimum absolute atomic E-state index is 0.667. The first kappa shape index (κ1) is 12.4. The summed E-state index contributed by atoms with van der Waals surface area (Å²) in [7, 11) is 2.17. The topological polar surface area (TPSA) is 27.0 Å². The van der Waals surface area contributed by atoms with Crippen molar-refractivity contribution in [1.82, 2.24) is 4.90 Å². The summed E-state index contributed by atoms with van der Waals surface area (Å²) >= 11 is 6.01. The molecule has 1 fully saturated rings. The van der Waals surface area contributed by atoms with Gasteiger partial charge in [-0.2, -0.15) is 5.26 Å². The smallest absolute Gasteiger partial charge is 0.0992 e. The van der Waals surface area contributed by atoms with Gasteiger partial charge in [0.15, 0.2) is 0 Å². The number of halogens is 1. The summed E-state index contributed by atoms with van der Waals surface area (Å²) in [5.41, 5.74) is 1.86. The second-order valence-electron chi connectivity index (χ2n) is 4.91. The Morgan fingerprint density at radius 2 is 2.06 bits per heavy atom. The van der Waals surface area contributed by atoms with Gasteiger partial charge in [-0.05, 0) is 69.1 Å². The number of hydrogen-bond donors (Lipinski definition) is 0. The number of hydrogen-bond acceptors (Lipinski definition) is 2. The lowest BCUT2D eigenvalue weighted by atomic mass is 9.90. The van der Waals surface area contributed by atoms with Crippen LogP contribution in [-0.2, 0) is 6.42 Å². The number of nitriles is 1. The molecule has 0 aliphatic carbocycles. The van der Waals surface area contributed by atoms with Gasteiger partial charge >= 0.3 is 0 Å². The van der Waals surface area contributed by atoms with E-state index in [-0.39, 0.29) is 0 Å². The third-order valence-corrected chi connectivity index (χ3v) is 3.67. The zero-order valence-corrected chi connectivity index (χ0v) is 10.9. The summed E-state index contributed by atoms with van der Waals surface area (Å²) in [6, 6.07) is 7.83. The Morgan fingerprint density at radius 3 is 2.71 bits per heavy atom. The highest BCUT2D eigenvalue weighted by atomic mass is 35.5. The largest absolute Gasteiger partial charge is 0.306 e. The second-order valence-corrected chi connectivity index (χ2v) is 5.35. The molecule has 0 bridgehead atoms. The molecule has 3 heteroatoms. The fourth-order valence-electron chi connectivity index (χ4n) is 2.43. The maximum absolute atomic E-state index is 8.91. The van der Waals surface area contributed by atoms with E-state index < -0.39 is 0 Å². The molecule has 0 spiro atoms. The molecular formula is C14H17ClN2. The van der Waals surface area contributed by atoms with Crippen LogP contribution in [0.15, 0.2) is 18.2 Å². The SMILES string of the molecule is CN1CCC(Cc2cc(Cl)cc(C#N)c2)CC1. The minimum Gasteiger partial charge on any atom is -0.306 e. The van der Waals surface area contributed by atoms with Gasteiger partial charge in [0.1, 0.15) is 0 Å². The van der Waals surface area contributed by atoms with E-state index in [2.05, 4.69) is 18.0 Å². The third kappa shape index (κ3) is 3.46. The zero-order chi connectivity index (χ0) is 12.3. The maximum atomic E-state index is 8.91. The highest BCUT2D eigenvalue weighted by molar-refractivity contribution is 6.30. The second kappa shape index (κ2) is 5.53. The first-order valence-corrected chi connectivity index (χ1v) is 6.43. The van der Waals surface area contributed by atoms with Gasteiger partial charge in [-0.25, -0.2) is 0 Å². The molecule has 0 saturated carbocycles. The van der Waals surface area contributed by atoms with Gasteiger partial charge in [0.2, 0.25) is 0 Å². The van der Waals surface area contributed by atoms with Crippen LogP contribution in [0.25, 0.3) is 0 Å². The van der Waals surface area contributed by atoms with Gasteiger partial charge in [-0.15, -0.1) is 0 Å². The number of nitrogens with zero attached hydrogens (tertiary/aromatic N) is 2. The first-order valence-electron chi connectivity index (χ1n) is 6.05. The van der Waals surface area contributed by atoms with Crippen LogP contribution < -0.4 is 0 Å². The van der Waals surface area contributed by atoms with E-state index in [0.29, 0.717) is 10.6 Å². The monoisotopic (exact) mass is 248 g/mol. The van der Waals surface area contributed by atoms with Crippen LogP contribution in [0.5, 0.6) is 0 Å². The molecule has 1 aliphatic rings. The Labute approximate surface area is 108 Å². The highest BCUT2D eigenvalue weighted by Crippen LogP contribution is 2.23. The molecule has 1 aromatic carbocycles. The molecule has 17 heavy (non-hydrogen) atoms. The lowest BCUT2D eigenvalue weighted by Gasteiger charge is -2.29. The van der Waals surface area contributed by atoms with E-state index in [0.717, 1.165) is 12.3 Å². The standard InChI is InChI=1S/C14H17ClN2/c1-17-4-2-11(3-5-17)6-12-7-13(10-16)9-14(15)8-12/h7-9,11H,2-6H2,1H3. The van der Waals surface area contributed by atoms with Crippen molar-refractivity contribution in [2.24, 2.45) is 5.92 Å². The number of rotatable bonds is 2. The lowest BCUT2D eigenvalue weighted by molar-refractivity contribution is 0.219. The van der Waals surface area contributed by atoms with Crippen LogP contribution in [0.2, 0.25) is 5.02 Å². The first-order chi connectivity index (χ1) is 8.17. The molecule has 0 unspecified atom stereocenters. The maximum Gasteiger partial charge on any atom is 0.0992 e. The molecule has 0 N–H and O–H groups in total. The van der Waals surface area contributed by atoms with E-state index in [1.54, 1.807) is 6.07 Å². The molecule has 0 aromatic heterocycles. The Kier molecular flexibility index (Phi) is 4.04. The molecule has 0 amide bonds. The Bertz CT molecular complexity index is 428. The van der Waals surface area contributed by atoms with Crippen molar-refractivity contribution >= 4 is 11.6 Å². The Morgan fingerprint density at radius 1 is 1.35 bits per heavy atom. The van der Waals surface area contributed by atoms with Gasteiger partial charge in [0, 0.05) is 5.02 Å². The molecule has 0 radical (unpaired) electrons. The number of benzene rings is 1. The normalized spacial score (nSPS) is 17.9. The predicted molar refractivity (Wildman–Crippen MR) is 70.1 cm³/mol. The van der Waals surface area contributed by atoms with Gasteiger partial charge in [0.05, 0.1) is 11.6 Å². The minimum atomic E-state index is 0.667. The molecule has 1 aromatic rings. The molecule has 0 atom stereocenters. The summed E-state index contributed by atoms with van der Waals surface area (Å²) in [4.78, 5) is 2.37.